The van der Waals surface area contributed by atoms with Crippen molar-refractivity contribution in [1.29, 1.82) is 0 Å². The maximum absolute atomic E-state index is 6.89. The summed E-state index contributed by atoms with van der Waals surface area (Å²) in [7, 11) is -3.69. The standard InChI is InChI=1S/C23H50O2Si2/c1-15-20(8)22(25-26(13,14)23(10,11)12)21(9)16-24-27(17(2)3,18(4)5)19(6)7/h15,17-22H,1,16H2,2-14H3/t20-,21-,22-/m1/s1. The van der Waals surface area contributed by atoms with E-state index in [1.165, 1.54) is 0 Å². The molecule has 0 spiro atoms. The highest BCUT2D eigenvalue weighted by Gasteiger charge is 2.46. The Labute approximate surface area is 173 Å². The van der Waals surface area contributed by atoms with Gasteiger partial charge in [-0.3, -0.25) is 0 Å². The van der Waals surface area contributed by atoms with Gasteiger partial charge in [0.15, 0.2) is 16.6 Å². The summed E-state index contributed by atoms with van der Waals surface area (Å²) in [6.07, 6.45) is 2.22. The summed E-state index contributed by atoms with van der Waals surface area (Å²) in [6.45, 7) is 35.1. The minimum Gasteiger partial charge on any atom is -0.416 e. The maximum atomic E-state index is 6.89. The van der Waals surface area contributed by atoms with E-state index < -0.39 is 16.6 Å². The summed E-state index contributed by atoms with van der Waals surface area (Å²) in [5, 5.41) is 0.207. The van der Waals surface area contributed by atoms with Crippen LogP contribution >= 0.6 is 0 Å². The minimum absolute atomic E-state index is 0.168. The highest BCUT2D eigenvalue weighted by atomic mass is 28.4. The van der Waals surface area contributed by atoms with Gasteiger partial charge in [-0.1, -0.05) is 82.2 Å². The third-order valence-electron chi connectivity index (χ3n) is 6.99. The Kier molecular flexibility index (Phi) is 10.3. The van der Waals surface area contributed by atoms with Gasteiger partial charge >= 0.3 is 0 Å². The van der Waals surface area contributed by atoms with E-state index in [1.54, 1.807) is 0 Å². The first-order chi connectivity index (χ1) is 12.0. The second-order valence-corrected chi connectivity index (χ2v) is 21.3. The van der Waals surface area contributed by atoms with E-state index >= 15 is 0 Å². The largest absolute Gasteiger partial charge is 0.416 e. The molecule has 3 atom stereocenters. The molecule has 0 aliphatic heterocycles. The first kappa shape index (κ1) is 27.1. The molecule has 2 nitrogen and oxygen atoms in total. The SMILES string of the molecule is C=C[C@@H](C)[C@@H](O[Si](C)(C)C(C)(C)C)[C@H](C)CO[Si](C(C)C)(C(C)C)C(C)C. The fourth-order valence-corrected chi connectivity index (χ4v) is 11.3. The molecular weight excluding hydrogens is 364 g/mol. The molecule has 0 bridgehead atoms. The molecule has 0 saturated heterocycles. The highest BCUT2D eigenvalue weighted by Crippen LogP contribution is 2.43. The molecule has 0 rings (SSSR count). The van der Waals surface area contributed by atoms with Crippen LogP contribution < -0.4 is 0 Å². The van der Waals surface area contributed by atoms with Gasteiger partial charge in [0.1, 0.15) is 0 Å². The third-order valence-corrected chi connectivity index (χ3v) is 17.5. The first-order valence-electron chi connectivity index (χ1n) is 11.0. The van der Waals surface area contributed by atoms with Crippen LogP contribution in [0.1, 0.15) is 76.2 Å². The monoisotopic (exact) mass is 414 g/mol. The second-order valence-electron chi connectivity index (χ2n) is 11.0. The molecule has 0 radical (unpaired) electrons. The van der Waals surface area contributed by atoms with Crippen molar-refractivity contribution in [3.8, 4) is 0 Å². The Morgan fingerprint density at radius 3 is 1.56 bits per heavy atom. The number of hydrogen-bond acceptors (Lipinski definition) is 2. The van der Waals surface area contributed by atoms with Gasteiger partial charge in [0.25, 0.3) is 0 Å². The minimum atomic E-state index is -1.85. The van der Waals surface area contributed by atoms with E-state index in [-0.39, 0.29) is 11.1 Å². The molecule has 0 saturated carbocycles. The van der Waals surface area contributed by atoms with Gasteiger partial charge in [-0.25, -0.2) is 0 Å². The summed E-state index contributed by atoms with van der Waals surface area (Å²) < 4.78 is 13.8. The fourth-order valence-electron chi connectivity index (χ4n) is 4.26. The Morgan fingerprint density at radius 1 is 0.852 bits per heavy atom. The average molecular weight is 415 g/mol. The number of rotatable bonds is 11. The van der Waals surface area contributed by atoms with Crippen LogP contribution in [-0.2, 0) is 8.85 Å². The Hall–Kier alpha value is 0.0938. The van der Waals surface area contributed by atoms with Gasteiger partial charge in [0.2, 0.25) is 0 Å². The summed E-state index contributed by atoms with van der Waals surface area (Å²) in [4.78, 5) is 0. The normalized spacial score (nSPS) is 17.5. The third kappa shape index (κ3) is 6.55. The summed E-state index contributed by atoms with van der Waals surface area (Å²) in [6, 6.07) is 0. The van der Waals surface area contributed by atoms with E-state index in [1.807, 2.05) is 6.08 Å². The van der Waals surface area contributed by atoms with E-state index in [2.05, 4.69) is 95.8 Å². The molecule has 0 heterocycles. The van der Waals surface area contributed by atoms with Gasteiger partial charge in [0.05, 0.1) is 6.10 Å². The molecule has 4 heteroatoms. The smallest absolute Gasteiger partial charge is 0.200 e. The fraction of sp³-hybridized carbons (Fsp3) is 0.913. The molecule has 0 aromatic heterocycles. The maximum Gasteiger partial charge on any atom is 0.200 e. The average Bonchev–Trinajstić information content (AvgIpc) is 2.50. The number of hydrogen-bond donors (Lipinski definition) is 0. The van der Waals surface area contributed by atoms with Crippen molar-refractivity contribution >= 4 is 16.6 Å². The lowest BCUT2D eigenvalue weighted by Crippen LogP contribution is -2.51. The van der Waals surface area contributed by atoms with Crippen molar-refractivity contribution < 1.29 is 8.85 Å². The highest BCUT2D eigenvalue weighted by molar-refractivity contribution is 6.77. The molecule has 162 valence electrons. The lowest BCUT2D eigenvalue weighted by atomic mass is 9.94. The van der Waals surface area contributed by atoms with E-state index in [0.29, 0.717) is 28.5 Å². The zero-order valence-electron chi connectivity index (χ0n) is 20.8. The summed E-state index contributed by atoms with van der Waals surface area (Å²) >= 11 is 0. The van der Waals surface area contributed by atoms with Crippen LogP contribution in [-0.4, -0.2) is 29.3 Å². The molecule has 27 heavy (non-hydrogen) atoms. The van der Waals surface area contributed by atoms with Crippen LogP contribution in [0.15, 0.2) is 12.7 Å². The molecule has 0 aliphatic carbocycles. The quantitative estimate of drug-likeness (QED) is 0.251. The van der Waals surface area contributed by atoms with Gasteiger partial charge in [-0.2, -0.15) is 0 Å². The predicted octanol–water partition coefficient (Wildman–Crippen LogP) is 8.03. The van der Waals surface area contributed by atoms with Gasteiger partial charge in [0, 0.05) is 12.5 Å². The van der Waals surface area contributed by atoms with Crippen molar-refractivity contribution in [2.75, 3.05) is 6.61 Å². The van der Waals surface area contributed by atoms with Crippen LogP contribution in [0, 0.1) is 11.8 Å². The predicted molar refractivity (Wildman–Crippen MR) is 128 cm³/mol. The lowest BCUT2D eigenvalue weighted by Gasteiger charge is -2.45. The van der Waals surface area contributed by atoms with E-state index in [4.69, 9.17) is 8.85 Å². The molecule has 0 fully saturated rings. The molecule has 0 aromatic rings. The van der Waals surface area contributed by atoms with Crippen molar-refractivity contribution in [3.63, 3.8) is 0 Å². The lowest BCUT2D eigenvalue weighted by molar-refractivity contribution is 0.0616. The van der Waals surface area contributed by atoms with E-state index in [9.17, 15) is 0 Å². The summed E-state index contributed by atoms with van der Waals surface area (Å²) in [5.41, 5.74) is 1.84. The van der Waals surface area contributed by atoms with Crippen molar-refractivity contribution in [3.05, 3.63) is 12.7 Å². The van der Waals surface area contributed by atoms with Crippen LogP contribution in [0.2, 0.25) is 34.8 Å². The zero-order valence-corrected chi connectivity index (χ0v) is 22.8. The molecule has 0 amide bonds. The van der Waals surface area contributed by atoms with Crippen molar-refractivity contribution in [2.45, 2.75) is 117 Å². The van der Waals surface area contributed by atoms with Crippen molar-refractivity contribution in [2.24, 2.45) is 11.8 Å². The van der Waals surface area contributed by atoms with Crippen molar-refractivity contribution in [1.82, 2.24) is 0 Å². The molecule has 0 unspecified atom stereocenters. The van der Waals surface area contributed by atoms with Crippen LogP contribution in [0.5, 0.6) is 0 Å². The zero-order chi connectivity index (χ0) is 21.8. The Morgan fingerprint density at radius 2 is 1.26 bits per heavy atom. The van der Waals surface area contributed by atoms with Gasteiger partial charge in [-0.05, 0) is 40.7 Å². The Bertz CT molecular complexity index is 428. The first-order valence-corrected chi connectivity index (χ1v) is 16.0. The van der Waals surface area contributed by atoms with Crippen LogP contribution in [0.3, 0.4) is 0 Å². The summed E-state index contributed by atoms with van der Waals surface area (Å²) in [5.74, 6) is 0.682. The topological polar surface area (TPSA) is 18.5 Å². The van der Waals surface area contributed by atoms with Crippen LogP contribution in [0.25, 0.3) is 0 Å². The molecule has 0 N–H and O–H groups in total. The van der Waals surface area contributed by atoms with Crippen LogP contribution in [0.4, 0.5) is 0 Å². The molecular formula is C23H50O2Si2. The Balaban J connectivity index is 5.54. The second kappa shape index (κ2) is 10.2. The molecule has 0 aliphatic rings. The van der Waals surface area contributed by atoms with Gasteiger partial charge in [-0.15, -0.1) is 6.58 Å². The molecule has 0 aromatic carbocycles. The van der Waals surface area contributed by atoms with Gasteiger partial charge < -0.3 is 8.85 Å². The van der Waals surface area contributed by atoms with E-state index in [0.717, 1.165) is 6.61 Å².